The van der Waals surface area contributed by atoms with Crippen LogP contribution in [0.5, 0.6) is 5.75 Å². The molecule has 0 aliphatic heterocycles. The molecule has 0 bridgehead atoms. The van der Waals surface area contributed by atoms with Crippen LogP contribution in [0.1, 0.15) is 39.0 Å². The first kappa shape index (κ1) is 25.2. The molecule has 3 rings (SSSR count). The molecule has 34 heavy (non-hydrogen) atoms. The molecule has 0 radical (unpaired) electrons. The number of hydrogen-bond donors (Lipinski definition) is 2. The molecule has 1 fully saturated rings. The Hall–Kier alpha value is -3.38. The Bertz CT molecular complexity index is 917. The molecule has 1 aliphatic carbocycles. The van der Waals surface area contributed by atoms with E-state index in [1.54, 1.807) is 11.8 Å². The van der Waals surface area contributed by atoms with Gasteiger partial charge in [-0.25, -0.2) is 4.68 Å². The van der Waals surface area contributed by atoms with E-state index in [1.165, 1.54) is 35.3 Å². The first-order chi connectivity index (χ1) is 16.2. The molecule has 2 N–H and O–H groups in total. The zero-order valence-corrected chi connectivity index (χ0v) is 18.8. The SMILES string of the molecule is C[C@H](NC(=O)Cn1cnnn1)C(=O)N(CCNc1ccc(OC(F)(F)F)cc1)C1CCCCC1. The highest BCUT2D eigenvalue weighted by molar-refractivity contribution is 5.87. The van der Waals surface area contributed by atoms with Crippen molar-refractivity contribution in [3.63, 3.8) is 0 Å². The highest BCUT2D eigenvalue weighted by atomic mass is 19.4. The number of anilines is 1. The van der Waals surface area contributed by atoms with Crippen LogP contribution in [0.15, 0.2) is 30.6 Å². The van der Waals surface area contributed by atoms with Crippen molar-refractivity contribution in [1.29, 1.82) is 0 Å². The third kappa shape index (κ3) is 7.89. The highest BCUT2D eigenvalue weighted by Gasteiger charge is 2.31. The van der Waals surface area contributed by atoms with Gasteiger partial charge < -0.3 is 20.3 Å². The van der Waals surface area contributed by atoms with Crippen LogP contribution in [0.25, 0.3) is 0 Å². The van der Waals surface area contributed by atoms with Crippen LogP contribution in [0, 0.1) is 0 Å². The van der Waals surface area contributed by atoms with Crippen molar-refractivity contribution in [2.24, 2.45) is 0 Å². The second kappa shape index (κ2) is 11.7. The van der Waals surface area contributed by atoms with E-state index < -0.39 is 12.4 Å². The molecule has 0 spiro atoms. The number of carbonyl (C=O) groups is 2. The number of hydrogen-bond acceptors (Lipinski definition) is 7. The van der Waals surface area contributed by atoms with E-state index in [9.17, 15) is 22.8 Å². The summed E-state index contributed by atoms with van der Waals surface area (Å²) in [6, 6.07) is 4.75. The lowest BCUT2D eigenvalue weighted by Crippen LogP contribution is -2.52. The summed E-state index contributed by atoms with van der Waals surface area (Å²) in [5.41, 5.74) is 0.605. The summed E-state index contributed by atoms with van der Waals surface area (Å²) in [5.74, 6) is -0.868. The molecule has 10 nitrogen and oxygen atoms in total. The molecule has 1 atom stereocenters. The number of benzene rings is 1. The van der Waals surface area contributed by atoms with Gasteiger partial charge in [-0.15, -0.1) is 18.3 Å². The zero-order valence-electron chi connectivity index (χ0n) is 18.8. The number of halogens is 3. The van der Waals surface area contributed by atoms with Gasteiger partial charge in [0.1, 0.15) is 24.7 Å². The van der Waals surface area contributed by atoms with Crippen LogP contribution in [-0.2, 0) is 16.1 Å². The van der Waals surface area contributed by atoms with Gasteiger partial charge in [0.05, 0.1) is 0 Å². The standard InChI is InChI=1S/C21H28F3N7O3/c1-15(27-19(32)13-30-14-26-28-29-30)20(33)31(17-5-3-2-4-6-17)12-11-25-16-7-9-18(10-8-16)34-21(22,23)24/h7-10,14-15,17,25H,2-6,11-13H2,1H3,(H,27,32)/t15-/m0/s1. The number of ether oxygens (including phenoxy) is 1. The maximum Gasteiger partial charge on any atom is 0.573 e. The fourth-order valence-corrected chi connectivity index (χ4v) is 3.96. The molecule has 2 amide bonds. The molecular formula is C21H28F3N7O3. The van der Waals surface area contributed by atoms with Crippen LogP contribution >= 0.6 is 0 Å². The predicted molar refractivity (Wildman–Crippen MR) is 116 cm³/mol. The number of aromatic nitrogens is 4. The smallest absolute Gasteiger partial charge is 0.406 e. The molecule has 186 valence electrons. The van der Waals surface area contributed by atoms with Gasteiger partial charge in [0.25, 0.3) is 0 Å². The molecule has 1 saturated carbocycles. The van der Waals surface area contributed by atoms with Crippen LogP contribution in [0.3, 0.4) is 0 Å². The average Bonchev–Trinajstić information content (AvgIpc) is 3.30. The Kier molecular flexibility index (Phi) is 8.66. The Morgan fingerprint density at radius 3 is 2.53 bits per heavy atom. The van der Waals surface area contributed by atoms with Gasteiger partial charge in [-0.2, -0.15) is 0 Å². The highest BCUT2D eigenvalue weighted by Crippen LogP contribution is 2.25. The first-order valence-electron chi connectivity index (χ1n) is 11.1. The van der Waals surface area contributed by atoms with Crippen LogP contribution in [0.4, 0.5) is 18.9 Å². The first-order valence-corrected chi connectivity index (χ1v) is 11.1. The number of rotatable bonds is 10. The monoisotopic (exact) mass is 483 g/mol. The van der Waals surface area contributed by atoms with Crippen molar-refractivity contribution in [3.05, 3.63) is 30.6 Å². The van der Waals surface area contributed by atoms with Gasteiger partial charge in [0.2, 0.25) is 11.8 Å². The van der Waals surface area contributed by atoms with E-state index in [-0.39, 0.29) is 30.2 Å². The Morgan fingerprint density at radius 2 is 1.91 bits per heavy atom. The second-order valence-corrected chi connectivity index (χ2v) is 8.12. The normalized spacial score (nSPS) is 15.4. The van der Waals surface area contributed by atoms with Gasteiger partial charge in [0.15, 0.2) is 0 Å². The molecule has 0 unspecified atom stereocenters. The average molecular weight is 483 g/mol. The maximum atomic E-state index is 13.2. The topological polar surface area (TPSA) is 114 Å². The third-order valence-electron chi connectivity index (χ3n) is 5.51. The molecule has 1 aliphatic rings. The minimum Gasteiger partial charge on any atom is -0.406 e. The van der Waals surface area contributed by atoms with Crippen molar-refractivity contribution in [3.8, 4) is 5.75 Å². The molecule has 1 aromatic heterocycles. The molecule has 2 aromatic rings. The van der Waals surface area contributed by atoms with Crippen LogP contribution in [-0.4, -0.2) is 68.5 Å². The number of alkyl halides is 3. The summed E-state index contributed by atoms with van der Waals surface area (Å²) in [6.07, 6.45) is 1.54. The third-order valence-corrected chi connectivity index (χ3v) is 5.51. The Balaban J connectivity index is 1.56. The van der Waals surface area contributed by atoms with Crippen molar-refractivity contribution in [2.75, 3.05) is 18.4 Å². The fraction of sp³-hybridized carbons (Fsp3) is 0.571. The van der Waals surface area contributed by atoms with E-state index in [0.29, 0.717) is 18.8 Å². The van der Waals surface area contributed by atoms with E-state index in [4.69, 9.17) is 0 Å². The predicted octanol–water partition coefficient (Wildman–Crippen LogP) is 2.35. The lowest BCUT2D eigenvalue weighted by molar-refractivity contribution is -0.274. The van der Waals surface area contributed by atoms with Gasteiger partial charge >= 0.3 is 6.36 Å². The summed E-state index contributed by atoms with van der Waals surface area (Å²) in [5, 5.41) is 16.4. The van der Waals surface area contributed by atoms with E-state index >= 15 is 0 Å². The van der Waals surface area contributed by atoms with Crippen LogP contribution < -0.4 is 15.4 Å². The minimum atomic E-state index is -4.74. The van der Waals surface area contributed by atoms with E-state index in [2.05, 4.69) is 30.9 Å². The number of tetrazole rings is 1. The quantitative estimate of drug-likeness (QED) is 0.533. The van der Waals surface area contributed by atoms with Gasteiger partial charge in [0, 0.05) is 24.8 Å². The zero-order chi connectivity index (χ0) is 24.6. The van der Waals surface area contributed by atoms with Crippen molar-refractivity contribution in [2.45, 2.75) is 64.0 Å². The molecule has 1 aromatic carbocycles. The summed E-state index contributed by atoms with van der Waals surface area (Å²) >= 11 is 0. The molecule has 1 heterocycles. The Morgan fingerprint density at radius 1 is 1.21 bits per heavy atom. The van der Waals surface area contributed by atoms with Crippen molar-refractivity contribution >= 4 is 17.5 Å². The number of nitrogens with one attached hydrogen (secondary N) is 2. The van der Waals surface area contributed by atoms with E-state index in [1.807, 2.05) is 0 Å². The second-order valence-electron chi connectivity index (χ2n) is 8.12. The summed E-state index contributed by atoms with van der Waals surface area (Å²) in [7, 11) is 0. The maximum absolute atomic E-state index is 13.2. The lowest BCUT2D eigenvalue weighted by Gasteiger charge is -2.36. The number of amides is 2. The molecular weight excluding hydrogens is 455 g/mol. The van der Waals surface area contributed by atoms with Crippen LogP contribution in [0.2, 0.25) is 0 Å². The minimum absolute atomic E-state index is 0.0736. The van der Waals surface area contributed by atoms with Crippen molar-refractivity contribution < 1.29 is 27.5 Å². The van der Waals surface area contributed by atoms with Gasteiger partial charge in [-0.1, -0.05) is 19.3 Å². The van der Waals surface area contributed by atoms with Crippen molar-refractivity contribution in [1.82, 2.24) is 30.4 Å². The lowest BCUT2D eigenvalue weighted by atomic mass is 9.93. The molecule has 13 heteroatoms. The Labute approximate surface area is 194 Å². The number of nitrogens with zero attached hydrogens (tertiary/aromatic N) is 5. The largest absolute Gasteiger partial charge is 0.573 e. The molecule has 0 saturated heterocycles. The summed E-state index contributed by atoms with van der Waals surface area (Å²) < 4.78 is 42.1. The van der Waals surface area contributed by atoms with Gasteiger partial charge in [-0.05, 0) is 54.5 Å². The van der Waals surface area contributed by atoms with E-state index in [0.717, 1.165) is 32.1 Å². The number of carbonyl (C=O) groups excluding carboxylic acids is 2. The summed E-state index contributed by atoms with van der Waals surface area (Å²) in [4.78, 5) is 27.2. The van der Waals surface area contributed by atoms with Gasteiger partial charge in [-0.3, -0.25) is 9.59 Å². The fourth-order valence-electron chi connectivity index (χ4n) is 3.96. The summed E-state index contributed by atoms with van der Waals surface area (Å²) in [6.45, 7) is 2.33.